The zero-order valence-electron chi connectivity index (χ0n) is 19.1. The Bertz CT molecular complexity index is 1170. The van der Waals surface area contributed by atoms with Crippen molar-refractivity contribution in [1.82, 2.24) is 0 Å². The van der Waals surface area contributed by atoms with Crippen molar-refractivity contribution in [3.63, 3.8) is 0 Å². The van der Waals surface area contributed by atoms with Crippen molar-refractivity contribution in [2.24, 2.45) is 0 Å². The van der Waals surface area contributed by atoms with Crippen molar-refractivity contribution >= 4 is 36.0 Å². The molecule has 14 heteroatoms. The van der Waals surface area contributed by atoms with Crippen molar-refractivity contribution < 1.29 is 69.5 Å². The number of phenols is 4. The molecule has 0 aromatic heterocycles. The van der Waals surface area contributed by atoms with E-state index in [9.17, 15) is 60.0 Å². The Morgan fingerprint density at radius 3 is 1.24 bits per heavy atom. The Hall–Kier alpha value is -5.08. The summed E-state index contributed by atoms with van der Waals surface area (Å²) in [5.41, 5.74) is 0.385. The Morgan fingerprint density at radius 1 is 0.605 bits per heavy atom. The number of aromatic hydroxyl groups is 4. The van der Waals surface area contributed by atoms with Gasteiger partial charge < -0.3 is 50.3 Å². The molecule has 0 heterocycles. The average molecular weight is 534 g/mol. The maximum atomic E-state index is 12.0. The number of carbonyl (C=O) groups is 4. The van der Waals surface area contributed by atoms with Crippen molar-refractivity contribution in [1.29, 1.82) is 0 Å². The van der Waals surface area contributed by atoms with E-state index in [0.29, 0.717) is 12.2 Å². The maximum Gasteiger partial charge on any atom is 0.347 e. The number of hydrogen-bond donors (Lipinski definition) is 8. The molecule has 0 bridgehead atoms. The molecule has 4 atom stereocenters. The molecule has 0 fully saturated rings. The van der Waals surface area contributed by atoms with Crippen LogP contribution in [0.15, 0.2) is 48.6 Å². The Morgan fingerprint density at radius 2 is 0.947 bits per heavy atom. The number of ether oxygens (including phenoxy) is 2. The Balaban J connectivity index is 2.10. The number of carbonyl (C=O) groups excluding carboxylic acids is 2. The van der Waals surface area contributed by atoms with E-state index in [2.05, 4.69) is 9.47 Å². The summed E-state index contributed by atoms with van der Waals surface area (Å²) in [7, 11) is 0. The lowest BCUT2D eigenvalue weighted by molar-refractivity contribution is -0.188. The fourth-order valence-electron chi connectivity index (χ4n) is 2.84. The number of aliphatic carboxylic acids is 2. The summed E-state index contributed by atoms with van der Waals surface area (Å²) < 4.78 is 9.19. The molecule has 0 radical (unpaired) electrons. The summed E-state index contributed by atoms with van der Waals surface area (Å²) in [5, 5.41) is 76.5. The highest BCUT2D eigenvalue weighted by Gasteiger charge is 2.43. The molecule has 0 aliphatic carbocycles. The molecule has 14 nitrogen and oxygen atoms in total. The fraction of sp³-hybridized carbons (Fsp3) is 0.167. The SMILES string of the molecule is O=C(/C=C/c1ccc(O)c(O)c1)O[C@H](C(=O)O)[C@H](O)[C@H](O)[C@@H](OC(=O)/C=C/c1ccc(O)c(O)c1)C(=O)O. The minimum absolute atomic E-state index is 0.193. The molecule has 38 heavy (non-hydrogen) atoms. The Labute approximate surface area is 213 Å². The first-order valence-corrected chi connectivity index (χ1v) is 10.4. The largest absolute Gasteiger partial charge is 0.504 e. The third kappa shape index (κ3) is 7.97. The molecule has 2 aromatic rings. The predicted molar refractivity (Wildman–Crippen MR) is 125 cm³/mol. The van der Waals surface area contributed by atoms with Gasteiger partial charge >= 0.3 is 23.9 Å². The molecule has 8 N–H and O–H groups in total. The number of rotatable bonds is 11. The van der Waals surface area contributed by atoms with Gasteiger partial charge in [-0.25, -0.2) is 19.2 Å². The monoisotopic (exact) mass is 534 g/mol. The second-order valence-corrected chi connectivity index (χ2v) is 7.54. The van der Waals surface area contributed by atoms with Gasteiger partial charge in [-0.3, -0.25) is 0 Å². The highest BCUT2D eigenvalue weighted by atomic mass is 16.6. The summed E-state index contributed by atoms with van der Waals surface area (Å²) in [6.45, 7) is 0. The third-order valence-electron chi connectivity index (χ3n) is 4.77. The van der Waals surface area contributed by atoms with E-state index in [4.69, 9.17) is 0 Å². The van der Waals surface area contributed by atoms with E-state index in [1.807, 2.05) is 0 Å². The van der Waals surface area contributed by atoms with Crippen LogP contribution in [-0.2, 0) is 28.7 Å². The van der Waals surface area contributed by atoms with Gasteiger partial charge in [0.15, 0.2) is 23.0 Å². The van der Waals surface area contributed by atoms with Gasteiger partial charge in [0.1, 0.15) is 12.2 Å². The molecule has 202 valence electrons. The molecule has 0 saturated carbocycles. The van der Waals surface area contributed by atoms with Crippen LogP contribution in [0.1, 0.15) is 11.1 Å². The van der Waals surface area contributed by atoms with Gasteiger partial charge in [-0.15, -0.1) is 0 Å². The predicted octanol–water partition coefficient (Wildman–Crippen LogP) is -0.0498. The molecule has 0 saturated heterocycles. The highest BCUT2D eigenvalue weighted by Crippen LogP contribution is 2.26. The number of aliphatic hydroxyl groups excluding tert-OH is 2. The van der Waals surface area contributed by atoms with E-state index in [1.54, 1.807) is 0 Å². The summed E-state index contributed by atoms with van der Waals surface area (Å²) in [5.74, 6) is -8.51. The lowest BCUT2D eigenvalue weighted by Crippen LogP contribution is -2.52. The zero-order valence-corrected chi connectivity index (χ0v) is 19.1. The molecule has 0 aliphatic heterocycles. The van der Waals surface area contributed by atoms with Crippen molar-refractivity contribution in [2.75, 3.05) is 0 Å². The molecule has 0 amide bonds. The number of carboxylic acids is 2. The van der Waals surface area contributed by atoms with Crippen LogP contribution in [-0.4, -0.2) is 89.1 Å². The minimum Gasteiger partial charge on any atom is -0.504 e. The molecule has 2 aromatic carbocycles. The lowest BCUT2D eigenvalue weighted by Gasteiger charge is -2.26. The van der Waals surface area contributed by atoms with Crippen LogP contribution in [0.2, 0.25) is 0 Å². The summed E-state index contributed by atoms with van der Waals surface area (Å²) >= 11 is 0. The van der Waals surface area contributed by atoms with E-state index >= 15 is 0 Å². The first-order chi connectivity index (χ1) is 17.8. The van der Waals surface area contributed by atoms with Crippen LogP contribution in [0, 0.1) is 0 Å². The number of esters is 2. The van der Waals surface area contributed by atoms with Gasteiger partial charge in [-0.1, -0.05) is 12.1 Å². The van der Waals surface area contributed by atoms with E-state index < -0.39 is 71.3 Å². The van der Waals surface area contributed by atoms with Crippen LogP contribution in [0.5, 0.6) is 23.0 Å². The third-order valence-corrected chi connectivity index (χ3v) is 4.77. The number of phenolic OH excluding ortho intramolecular Hbond substituents is 4. The van der Waals surface area contributed by atoms with Gasteiger partial charge in [0, 0.05) is 12.2 Å². The van der Waals surface area contributed by atoms with Gasteiger partial charge in [0.25, 0.3) is 0 Å². The molecule has 0 unspecified atom stereocenters. The molecule has 2 rings (SSSR count). The quantitative estimate of drug-likeness (QED) is 0.107. The first-order valence-electron chi connectivity index (χ1n) is 10.4. The topological polar surface area (TPSA) is 249 Å². The van der Waals surface area contributed by atoms with Gasteiger partial charge in [-0.05, 0) is 47.5 Å². The second kappa shape index (κ2) is 12.8. The normalized spacial score (nSPS) is 14.5. The van der Waals surface area contributed by atoms with Crippen molar-refractivity contribution in [3.05, 3.63) is 59.7 Å². The zero-order chi connectivity index (χ0) is 28.6. The van der Waals surface area contributed by atoms with Crippen LogP contribution in [0.25, 0.3) is 12.2 Å². The molecule has 0 aliphatic rings. The van der Waals surface area contributed by atoms with Crippen molar-refractivity contribution in [2.45, 2.75) is 24.4 Å². The molecule has 0 spiro atoms. The van der Waals surface area contributed by atoms with Gasteiger partial charge in [-0.2, -0.15) is 0 Å². The fourth-order valence-corrected chi connectivity index (χ4v) is 2.84. The van der Waals surface area contributed by atoms with E-state index in [1.165, 1.54) is 12.1 Å². The first kappa shape index (κ1) is 29.2. The molecular formula is C24H22O14. The average Bonchev–Trinajstić information content (AvgIpc) is 2.86. The van der Waals surface area contributed by atoms with Gasteiger partial charge in [0.2, 0.25) is 12.2 Å². The second-order valence-electron chi connectivity index (χ2n) is 7.54. The van der Waals surface area contributed by atoms with Crippen LogP contribution >= 0.6 is 0 Å². The van der Waals surface area contributed by atoms with Gasteiger partial charge in [0.05, 0.1) is 0 Å². The minimum atomic E-state index is -2.57. The van der Waals surface area contributed by atoms with Crippen molar-refractivity contribution in [3.8, 4) is 23.0 Å². The summed E-state index contributed by atoms with van der Waals surface area (Å²) in [6, 6.07) is 6.93. The maximum absolute atomic E-state index is 12.0. The number of carboxylic acid groups (broad SMARTS) is 2. The smallest absolute Gasteiger partial charge is 0.347 e. The van der Waals surface area contributed by atoms with E-state index in [0.717, 1.165) is 36.4 Å². The number of hydrogen-bond acceptors (Lipinski definition) is 12. The Kier molecular flexibility index (Phi) is 9.78. The van der Waals surface area contributed by atoms with Crippen LogP contribution in [0.4, 0.5) is 0 Å². The van der Waals surface area contributed by atoms with Crippen LogP contribution < -0.4 is 0 Å². The van der Waals surface area contributed by atoms with E-state index in [-0.39, 0.29) is 11.1 Å². The number of benzene rings is 2. The number of aliphatic hydroxyl groups is 2. The lowest BCUT2D eigenvalue weighted by atomic mass is 10.0. The standard InChI is InChI=1S/C24H22O14/c25-13-5-1-11(9-15(13)27)3-7-17(29)37-21(23(33)34)19(31)20(32)22(24(35)36)38-18(30)8-4-12-2-6-14(26)16(28)10-12/h1-10,19-22,25-28,31-32H,(H,33,34)(H,35,36)/b7-3+,8-4+/t19-,20+,21+,22-. The highest BCUT2D eigenvalue weighted by molar-refractivity contribution is 5.90. The summed E-state index contributed by atoms with van der Waals surface area (Å²) in [4.78, 5) is 47.1. The van der Waals surface area contributed by atoms with Crippen LogP contribution in [0.3, 0.4) is 0 Å². The summed E-state index contributed by atoms with van der Waals surface area (Å²) in [6.07, 6.45) is -6.62. The molecular weight excluding hydrogens is 512 g/mol.